The van der Waals surface area contributed by atoms with Crippen LogP contribution in [0.1, 0.15) is 12.0 Å². The van der Waals surface area contributed by atoms with Gasteiger partial charge >= 0.3 is 0 Å². The first-order chi connectivity index (χ1) is 25.3. The predicted molar refractivity (Wildman–Crippen MR) is 215 cm³/mol. The predicted octanol–water partition coefficient (Wildman–Crippen LogP) is 13.4. The van der Waals surface area contributed by atoms with E-state index in [1.165, 1.54) is 54.8 Å². The van der Waals surface area contributed by atoms with Gasteiger partial charge in [0.25, 0.3) is 0 Å². The Bertz CT molecular complexity index is 2920. The van der Waals surface area contributed by atoms with Crippen molar-refractivity contribution in [2.24, 2.45) is 0 Å². The third-order valence-electron chi connectivity index (χ3n) is 10.9. The van der Waals surface area contributed by atoms with Gasteiger partial charge in [-0.15, -0.1) is 0 Å². The van der Waals surface area contributed by atoms with E-state index < -0.39 is 0 Å². The summed E-state index contributed by atoms with van der Waals surface area (Å²) in [7, 11) is 0. The number of allylic oxidation sites excluding steroid dienone is 2. The van der Waals surface area contributed by atoms with Crippen molar-refractivity contribution < 1.29 is 4.42 Å². The Morgan fingerprint density at radius 2 is 1.29 bits per heavy atom. The standard InChI is InChI=1S/C48H32N2O/c1-2-14-32(15-3-1)49-42-21-10-8-19-38(42)41-29-33(26-28-43(41)49)50(44-22-12-24-47-48(44)39-20-9-11-23-46(39)51-47)45-30-40-34-16-5-4-13-31(34)25-27-36(40)35-17-6-7-18-37(35)45/h1-20,22-30,42H,21H2. The van der Waals surface area contributed by atoms with Crippen molar-refractivity contribution in [3.05, 3.63) is 182 Å². The third kappa shape index (κ3) is 4.18. The van der Waals surface area contributed by atoms with Gasteiger partial charge in [0, 0.05) is 33.4 Å². The number of anilines is 5. The van der Waals surface area contributed by atoms with E-state index in [0.717, 1.165) is 45.4 Å². The third-order valence-corrected chi connectivity index (χ3v) is 10.9. The molecule has 0 saturated carbocycles. The lowest BCUT2D eigenvalue weighted by Gasteiger charge is -2.29. The van der Waals surface area contributed by atoms with E-state index in [4.69, 9.17) is 4.42 Å². The molecule has 1 atom stereocenters. The molecule has 51 heavy (non-hydrogen) atoms. The van der Waals surface area contributed by atoms with Gasteiger partial charge in [-0.1, -0.05) is 121 Å². The second kappa shape index (κ2) is 11.0. The van der Waals surface area contributed by atoms with Crippen LogP contribution in [-0.4, -0.2) is 6.04 Å². The topological polar surface area (TPSA) is 19.6 Å². The first kappa shape index (κ1) is 28.3. The lowest BCUT2D eigenvalue weighted by Crippen LogP contribution is -2.26. The molecule has 11 rings (SSSR count). The minimum atomic E-state index is 0.255. The smallest absolute Gasteiger partial charge is 0.137 e. The van der Waals surface area contributed by atoms with Crippen LogP contribution in [0.15, 0.2) is 180 Å². The van der Waals surface area contributed by atoms with Crippen LogP contribution in [0.2, 0.25) is 0 Å². The molecule has 0 amide bonds. The highest BCUT2D eigenvalue weighted by molar-refractivity contribution is 6.23. The molecule has 2 heterocycles. The second-order valence-corrected chi connectivity index (χ2v) is 13.6. The van der Waals surface area contributed by atoms with E-state index >= 15 is 0 Å². The van der Waals surface area contributed by atoms with Crippen LogP contribution in [-0.2, 0) is 0 Å². The molecule has 240 valence electrons. The second-order valence-electron chi connectivity index (χ2n) is 13.6. The molecule has 1 aliphatic heterocycles. The Hall–Kier alpha value is -6.58. The lowest BCUT2D eigenvalue weighted by molar-refractivity contribution is 0.669. The first-order valence-corrected chi connectivity index (χ1v) is 17.7. The van der Waals surface area contributed by atoms with Crippen molar-refractivity contribution in [1.29, 1.82) is 0 Å². The van der Waals surface area contributed by atoms with Gasteiger partial charge in [-0.25, -0.2) is 0 Å². The highest BCUT2D eigenvalue weighted by Gasteiger charge is 2.36. The van der Waals surface area contributed by atoms with Gasteiger partial charge in [-0.3, -0.25) is 0 Å². The SMILES string of the molecule is C1=CCC2C(=C1)c1cc(N(c3cc4c5ccccc5ccc4c4ccccc34)c3cccc4oc5ccccc5c34)ccc1N2c1ccccc1. The molecule has 2 aliphatic rings. The Morgan fingerprint density at radius 3 is 2.20 bits per heavy atom. The molecule has 0 radical (unpaired) electrons. The number of para-hydroxylation sites is 2. The summed E-state index contributed by atoms with van der Waals surface area (Å²) in [6.45, 7) is 0. The van der Waals surface area contributed by atoms with Crippen LogP contribution in [0, 0.1) is 0 Å². The fraction of sp³-hybridized carbons (Fsp3) is 0.0417. The van der Waals surface area contributed by atoms with E-state index in [0.29, 0.717) is 0 Å². The Morgan fingerprint density at radius 1 is 0.549 bits per heavy atom. The highest BCUT2D eigenvalue weighted by atomic mass is 16.3. The summed E-state index contributed by atoms with van der Waals surface area (Å²) in [4.78, 5) is 4.99. The minimum absolute atomic E-state index is 0.255. The quantitative estimate of drug-likeness (QED) is 0.176. The van der Waals surface area contributed by atoms with Gasteiger partial charge in [0.2, 0.25) is 0 Å². The first-order valence-electron chi connectivity index (χ1n) is 17.7. The van der Waals surface area contributed by atoms with Crippen LogP contribution >= 0.6 is 0 Å². The van der Waals surface area contributed by atoms with E-state index in [2.05, 4.69) is 180 Å². The summed E-state index contributed by atoms with van der Waals surface area (Å²) >= 11 is 0. The van der Waals surface area contributed by atoms with Crippen molar-refractivity contribution in [3.63, 3.8) is 0 Å². The van der Waals surface area contributed by atoms with E-state index in [1.54, 1.807) is 0 Å². The van der Waals surface area contributed by atoms with Gasteiger partial charge in [-0.05, 0) is 93.5 Å². The van der Waals surface area contributed by atoms with E-state index in [1.807, 2.05) is 6.07 Å². The lowest BCUT2D eigenvalue weighted by atomic mass is 9.94. The van der Waals surface area contributed by atoms with Crippen molar-refractivity contribution >= 4 is 88.3 Å². The number of furan rings is 1. The maximum Gasteiger partial charge on any atom is 0.137 e. The van der Waals surface area contributed by atoms with Crippen LogP contribution in [0.4, 0.5) is 28.4 Å². The number of fused-ring (bicyclic) bond motifs is 11. The van der Waals surface area contributed by atoms with Gasteiger partial charge < -0.3 is 14.2 Å². The number of hydrogen-bond donors (Lipinski definition) is 0. The number of rotatable bonds is 4. The fourth-order valence-corrected chi connectivity index (χ4v) is 8.69. The highest BCUT2D eigenvalue weighted by Crippen LogP contribution is 2.52. The summed E-state index contributed by atoms with van der Waals surface area (Å²) < 4.78 is 6.49. The van der Waals surface area contributed by atoms with Crippen molar-refractivity contribution in [1.82, 2.24) is 0 Å². The van der Waals surface area contributed by atoms with Gasteiger partial charge in [0.15, 0.2) is 0 Å². The van der Waals surface area contributed by atoms with Gasteiger partial charge in [-0.2, -0.15) is 0 Å². The van der Waals surface area contributed by atoms with Crippen molar-refractivity contribution in [3.8, 4) is 0 Å². The Kier molecular flexibility index (Phi) is 6.08. The molecule has 3 nitrogen and oxygen atoms in total. The molecule has 3 heteroatoms. The summed E-state index contributed by atoms with van der Waals surface area (Å²) in [6, 6.07) is 57.5. The number of nitrogens with zero attached hydrogens (tertiary/aromatic N) is 2. The fourth-order valence-electron chi connectivity index (χ4n) is 8.69. The molecular formula is C48H32N2O. The zero-order valence-corrected chi connectivity index (χ0v) is 27.8. The molecule has 9 aromatic rings. The molecule has 0 N–H and O–H groups in total. The normalized spacial score (nSPS) is 15.2. The van der Waals surface area contributed by atoms with E-state index in [-0.39, 0.29) is 6.04 Å². The van der Waals surface area contributed by atoms with E-state index in [9.17, 15) is 0 Å². The van der Waals surface area contributed by atoms with Crippen LogP contribution in [0.25, 0.3) is 59.8 Å². The van der Waals surface area contributed by atoms with Gasteiger partial charge in [0.1, 0.15) is 11.2 Å². The molecule has 0 saturated heterocycles. The maximum atomic E-state index is 6.49. The van der Waals surface area contributed by atoms with Crippen molar-refractivity contribution in [2.45, 2.75) is 12.5 Å². The summed E-state index contributed by atoms with van der Waals surface area (Å²) in [5, 5.41) is 9.66. The molecule has 8 aromatic carbocycles. The largest absolute Gasteiger partial charge is 0.456 e. The molecule has 0 spiro atoms. The molecule has 0 bridgehead atoms. The average molecular weight is 653 g/mol. The molecule has 0 fully saturated rings. The van der Waals surface area contributed by atoms with Crippen LogP contribution < -0.4 is 9.80 Å². The van der Waals surface area contributed by atoms with Crippen LogP contribution in [0.3, 0.4) is 0 Å². The minimum Gasteiger partial charge on any atom is -0.456 e. The zero-order chi connectivity index (χ0) is 33.5. The summed E-state index contributed by atoms with van der Waals surface area (Å²) in [5.41, 5.74) is 10.2. The summed E-state index contributed by atoms with van der Waals surface area (Å²) in [5.74, 6) is 0. The monoisotopic (exact) mass is 652 g/mol. The molecule has 1 aromatic heterocycles. The Balaban J connectivity index is 1.24. The van der Waals surface area contributed by atoms with Crippen molar-refractivity contribution in [2.75, 3.05) is 9.80 Å². The van der Waals surface area contributed by atoms with Gasteiger partial charge in [0.05, 0.1) is 22.8 Å². The molecular weight excluding hydrogens is 621 g/mol. The molecule has 1 unspecified atom stereocenters. The Labute approximate surface area is 295 Å². The number of benzene rings is 8. The van der Waals surface area contributed by atoms with Crippen LogP contribution in [0.5, 0.6) is 0 Å². The molecule has 1 aliphatic carbocycles. The number of hydrogen-bond acceptors (Lipinski definition) is 3. The summed E-state index contributed by atoms with van der Waals surface area (Å²) in [6.07, 6.45) is 7.79. The maximum absolute atomic E-state index is 6.49. The zero-order valence-electron chi connectivity index (χ0n) is 27.8. The average Bonchev–Trinajstić information content (AvgIpc) is 3.74.